The predicted molar refractivity (Wildman–Crippen MR) is 97.2 cm³/mol. The molecule has 1 N–H and O–H groups in total. The maximum atomic E-state index is 13.0. The fraction of sp³-hybridized carbons (Fsp3) is 0.389. The zero-order valence-corrected chi connectivity index (χ0v) is 15.8. The van der Waals surface area contributed by atoms with E-state index in [4.69, 9.17) is 4.74 Å². The van der Waals surface area contributed by atoms with Crippen LogP contribution in [0.3, 0.4) is 0 Å². The molecule has 9 heteroatoms. The van der Waals surface area contributed by atoms with E-state index in [1.165, 1.54) is 42.0 Å². The Labute approximate surface area is 155 Å². The van der Waals surface area contributed by atoms with Gasteiger partial charge >= 0.3 is 6.09 Å². The molecule has 2 aromatic rings. The molecule has 1 aromatic heterocycles. The van der Waals surface area contributed by atoms with Gasteiger partial charge in [-0.2, -0.15) is 5.10 Å². The summed E-state index contributed by atoms with van der Waals surface area (Å²) < 4.78 is 32.5. The first-order valence-electron chi connectivity index (χ1n) is 8.18. The summed E-state index contributed by atoms with van der Waals surface area (Å²) in [6, 6.07) is 6.20. The normalized spacial score (nSPS) is 11.4. The highest BCUT2D eigenvalue weighted by Crippen LogP contribution is 2.26. The second kappa shape index (κ2) is 7.73. The van der Waals surface area contributed by atoms with E-state index in [0.29, 0.717) is 5.69 Å². The van der Waals surface area contributed by atoms with Crippen molar-refractivity contribution in [2.75, 3.05) is 17.3 Å². The van der Waals surface area contributed by atoms with Crippen LogP contribution >= 0.6 is 0 Å². The Kier molecular flexibility index (Phi) is 5.82. The van der Waals surface area contributed by atoms with Gasteiger partial charge in [0.25, 0.3) is 12.3 Å². The number of nitrogens with one attached hydrogen (secondary N) is 1. The van der Waals surface area contributed by atoms with Gasteiger partial charge in [0.15, 0.2) is 5.69 Å². The van der Waals surface area contributed by atoms with E-state index in [1.807, 2.05) is 0 Å². The van der Waals surface area contributed by atoms with Gasteiger partial charge in [-0.25, -0.2) is 13.6 Å². The molecule has 0 aliphatic rings. The van der Waals surface area contributed by atoms with Crippen LogP contribution < -0.4 is 10.2 Å². The zero-order chi connectivity index (χ0) is 20.4. The number of anilines is 2. The maximum Gasteiger partial charge on any atom is 0.414 e. The summed E-state index contributed by atoms with van der Waals surface area (Å²) >= 11 is 0. The van der Waals surface area contributed by atoms with Gasteiger partial charge < -0.3 is 10.1 Å². The van der Waals surface area contributed by atoms with Gasteiger partial charge in [0.2, 0.25) is 0 Å². The molecule has 0 saturated heterocycles. The van der Waals surface area contributed by atoms with E-state index in [1.54, 1.807) is 32.9 Å². The first-order valence-corrected chi connectivity index (χ1v) is 8.18. The molecule has 0 fully saturated rings. The van der Waals surface area contributed by atoms with Crippen molar-refractivity contribution in [3.8, 4) is 0 Å². The first-order chi connectivity index (χ1) is 12.5. The van der Waals surface area contributed by atoms with E-state index in [2.05, 4.69) is 10.4 Å². The number of benzene rings is 1. The molecular weight excluding hydrogens is 358 g/mol. The number of halogens is 2. The SMILES string of the molecule is CN(C(=O)OC(C)(C)C)c1cccc(C(=O)Nc2cn(C)nc2C(F)F)c1. The van der Waals surface area contributed by atoms with Crippen molar-refractivity contribution in [3.05, 3.63) is 41.7 Å². The second-order valence-corrected chi connectivity index (χ2v) is 6.95. The summed E-state index contributed by atoms with van der Waals surface area (Å²) in [4.78, 5) is 25.9. The van der Waals surface area contributed by atoms with Crippen LogP contribution in [0.15, 0.2) is 30.5 Å². The number of carbonyl (C=O) groups excluding carboxylic acids is 2. The Bertz CT molecular complexity index is 843. The Morgan fingerprint density at radius 1 is 1.30 bits per heavy atom. The topological polar surface area (TPSA) is 76.5 Å². The van der Waals surface area contributed by atoms with Gasteiger partial charge in [-0.1, -0.05) is 6.07 Å². The van der Waals surface area contributed by atoms with Gasteiger partial charge in [-0.05, 0) is 39.0 Å². The molecule has 0 atom stereocenters. The Hall–Kier alpha value is -2.97. The number of aromatic nitrogens is 2. The first kappa shape index (κ1) is 20.3. The fourth-order valence-electron chi connectivity index (χ4n) is 2.25. The quantitative estimate of drug-likeness (QED) is 0.870. The minimum Gasteiger partial charge on any atom is -0.443 e. The number of aryl methyl sites for hydroxylation is 1. The highest BCUT2D eigenvalue weighted by molar-refractivity contribution is 6.05. The molecule has 0 saturated carbocycles. The lowest BCUT2D eigenvalue weighted by molar-refractivity contribution is 0.0589. The minimum atomic E-state index is -2.81. The summed E-state index contributed by atoms with van der Waals surface area (Å²) in [6.07, 6.45) is -2.09. The Balaban J connectivity index is 2.19. The van der Waals surface area contributed by atoms with Crippen molar-refractivity contribution >= 4 is 23.4 Å². The third-order valence-corrected chi connectivity index (χ3v) is 3.48. The Morgan fingerprint density at radius 3 is 2.56 bits per heavy atom. The van der Waals surface area contributed by atoms with E-state index < -0.39 is 29.7 Å². The van der Waals surface area contributed by atoms with E-state index in [0.717, 1.165) is 0 Å². The molecule has 0 unspecified atom stereocenters. The molecule has 7 nitrogen and oxygen atoms in total. The molecule has 0 aliphatic carbocycles. The molecule has 0 radical (unpaired) electrons. The standard InChI is InChI=1S/C18H22F2N4O3/c1-18(2,3)27-17(26)24(5)12-8-6-7-11(9-12)16(25)21-13-10-23(4)22-14(13)15(19)20/h6-10,15H,1-5H3,(H,21,25). The average Bonchev–Trinajstić information content (AvgIpc) is 2.93. The largest absolute Gasteiger partial charge is 0.443 e. The smallest absolute Gasteiger partial charge is 0.414 e. The number of hydrogen-bond donors (Lipinski definition) is 1. The van der Waals surface area contributed by atoms with Crippen LogP contribution in [0, 0.1) is 0 Å². The average molecular weight is 380 g/mol. The number of carbonyl (C=O) groups is 2. The predicted octanol–water partition coefficient (Wildman–Crippen LogP) is 3.98. The summed E-state index contributed by atoms with van der Waals surface area (Å²) in [7, 11) is 3.00. The van der Waals surface area contributed by atoms with Crippen molar-refractivity contribution in [2.24, 2.45) is 7.05 Å². The van der Waals surface area contributed by atoms with Gasteiger partial charge in [-0.15, -0.1) is 0 Å². The number of nitrogens with zero attached hydrogens (tertiary/aromatic N) is 3. The molecule has 2 rings (SSSR count). The third-order valence-electron chi connectivity index (χ3n) is 3.48. The van der Waals surface area contributed by atoms with Crippen molar-refractivity contribution < 1.29 is 23.1 Å². The van der Waals surface area contributed by atoms with E-state index >= 15 is 0 Å². The Morgan fingerprint density at radius 2 is 1.96 bits per heavy atom. The van der Waals surface area contributed by atoms with Crippen LogP contribution in [0.5, 0.6) is 0 Å². The van der Waals surface area contributed by atoms with Gasteiger partial charge in [-0.3, -0.25) is 14.4 Å². The zero-order valence-electron chi connectivity index (χ0n) is 15.8. The van der Waals surface area contributed by atoms with Gasteiger partial charge in [0, 0.05) is 31.5 Å². The van der Waals surface area contributed by atoms with Crippen molar-refractivity contribution in [3.63, 3.8) is 0 Å². The molecule has 1 aromatic carbocycles. The summed E-state index contributed by atoms with van der Waals surface area (Å²) in [5, 5.41) is 6.07. The lowest BCUT2D eigenvalue weighted by atomic mass is 10.1. The van der Waals surface area contributed by atoms with Crippen LogP contribution in [0.2, 0.25) is 0 Å². The molecule has 1 heterocycles. The lowest BCUT2D eigenvalue weighted by Gasteiger charge is -2.24. The van der Waals surface area contributed by atoms with Crippen molar-refractivity contribution in [1.82, 2.24) is 9.78 Å². The summed E-state index contributed by atoms with van der Waals surface area (Å²) in [5.74, 6) is -0.593. The highest BCUT2D eigenvalue weighted by atomic mass is 19.3. The van der Waals surface area contributed by atoms with Crippen LogP contribution in [0.25, 0.3) is 0 Å². The minimum absolute atomic E-state index is 0.0663. The van der Waals surface area contributed by atoms with Crippen molar-refractivity contribution in [1.29, 1.82) is 0 Å². The van der Waals surface area contributed by atoms with Crippen LogP contribution in [-0.4, -0.2) is 34.4 Å². The molecule has 146 valence electrons. The summed E-state index contributed by atoms with van der Waals surface area (Å²) in [5.41, 5.74) is -0.604. The molecule has 27 heavy (non-hydrogen) atoms. The van der Waals surface area contributed by atoms with E-state index in [9.17, 15) is 18.4 Å². The highest BCUT2D eigenvalue weighted by Gasteiger charge is 2.22. The van der Waals surface area contributed by atoms with Crippen molar-refractivity contribution in [2.45, 2.75) is 32.8 Å². The molecule has 0 aliphatic heterocycles. The van der Waals surface area contributed by atoms with Crippen LogP contribution in [0.1, 0.15) is 43.2 Å². The molecule has 0 spiro atoms. The molecular formula is C18H22F2N4O3. The number of rotatable bonds is 4. The maximum absolute atomic E-state index is 13.0. The van der Waals surface area contributed by atoms with Crippen LogP contribution in [-0.2, 0) is 11.8 Å². The number of ether oxygens (including phenoxy) is 1. The number of amides is 2. The monoisotopic (exact) mass is 380 g/mol. The number of alkyl halides is 2. The van der Waals surface area contributed by atoms with E-state index in [-0.39, 0.29) is 11.3 Å². The molecule has 2 amide bonds. The van der Waals surface area contributed by atoms with Gasteiger partial charge in [0.05, 0.1) is 5.69 Å². The number of hydrogen-bond acceptors (Lipinski definition) is 4. The lowest BCUT2D eigenvalue weighted by Crippen LogP contribution is -2.34. The molecule has 0 bridgehead atoms. The summed E-state index contributed by atoms with van der Waals surface area (Å²) in [6.45, 7) is 5.24. The second-order valence-electron chi connectivity index (χ2n) is 6.95. The third kappa shape index (κ3) is 5.25. The van der Waals surface area contributed by atoms with Crippen LogP contribution in [0.4, 0.5) is 25.0 Å². The fourth-order valence-corrected chi connectivity index (χ4v) is 2.25. The van der Waals surface area contributed by atoms with Gasteiger partial charge in [0.1, 0.15) is 5.60 Å².